The minimum Gasteiger partial charge on any atom is -0.497 e. The second-order valence-electron chi connectivity index (χ2n) is 4.63. The monoisotopic (exact) mass is 368 g/mol. The van der Waals surface area contributed by atoms with Gasteiger partial charge in [0.25, 0.3) is 0 Å². The van der Waals surface area contributed by atoms with Crippen LogP contribution < -0.4 is 20.1 Å². The van der Waals surface area contributed by atoms with Gasteiger partial charge in [0.2, 0.25) is 0 Å². The summed E-state index contributed by atoms with van der Waals surface area (Å²) in [5.41, 5.74) is 0.617. The normalized spacial score (nSPS) is 10.0. The van der Waals surface area contributed by atoms with Crippen molar-refractivity contribution >= 4 is 46.4 Å². The van der Waals surface area contributed by atoms with Crippen LogP contribution in [0.5, 0.6) is 11.5 Å². The zero-order chi connectivity index (χ0) is 17.7. The number of anilines is 2. The van der Waals surface area contributed by atoms with Gasteiger partial charge in [-0.2, -0.15) is 0 Å². The number of hydrogen-bond donors (Lipinski definition) is 2. The summed E-state index contributed by atoms with van der Waals surface area (Å²) in [4.78, 5) is 24.1. The molecule has 2 N–H and O–H groups in total. The van der Waals surface area contributed by atoms with E-state index >= 15 is 0 Å². The highest BCUT2D eigenvalue weighted by molar-refractivity contribution is 6.44. The number of rotatable bonds is 4. The molecule has 24 heavy (non-hydrogen) atoms. The maximum Gasteiger partial charge on any atom is 0.314 e. The molecule has 0 spiro atoms. The fourth-order valence-corrected chi connectivity index (χ4v) is 2.43. The first-order valence-corrected chi connectivity index (χ1v) is 7.49. The summed E-state index contributed by atoms with van der Waals surface area (Å²) in [5, 5.41) is 5.56. The van der Waals surface area contributed by atoms with Gasteiger partial charge in [-0.25, -0.2) is 0 Å². The number of halogens is 2. The quantitative estimate of drug-likeness (QED) is 0.808. The summed E-state index contributed by atoms with van der Waals surface area (Å²) in [6.45, 7) is 0. The molecule has 126 valence electrons. The van der Waals surface area contributed by atoms with E-state index in [0.29, 0.717) is 32.9 Å². The molecule has 6 nitrogen and oxygen atoms in total. The Labute approximate surface area is 148 Å². The Morgan fingerprint density at radius 1 is 0.875 bits per heavy atom. The van der Waals surface area contributed by atoms with Crippen molar-refractivity contribution in [2.75, 3.05) is 24.9 Å². The molecule has 2 amide bonds. The van der Waals surface area contributed by atoms with Crippen LogP contribution in [-0.4, -0.2) is 26.0 Å². The van der Waals surface area contributed by atoms with Gasteiger partial charge in [0.05, 0.1) is 19.9 Å². The third-order valence-corrected chi connectivity index (χ3v) is 3.42. The highest BCUT2D eigenvalue weighted by Crippen LogP contribution is 2.29. The summed E-state index contributed by atoms with van der Waals surface area (Å²) in [6.07, 6.45) is 0. The Hall–Kier alpha value is -2.44. The molecule has 0 bridgehead atoms. The molecule has 0 atom stereocenters. The minimum atomic E-state index is -0.877. The number of carbonyl (C=O) groups excluding carboxylic acids is 2. The lowest BCUT2D eigenvalue weighted by Gasteiger charge is -2.12. The number of ether oxygens (including phenoxy) is 2. The van der Waals surface area contributed by atoms with Gasteiger partial charge in [-0.05, 0) is 30.3 Å². The van der Waals surface area contributed by atoms with Crippen LogP contribution in [0.1, 0.15) is 0 Å². The van der Waals surface area contributed by atoms with E-state index in [1.54, 1.807) is 18.2 Å². The van der Waals surface area contributed by atoms with E-state index in [1.807, 2.05) is 0 Å². The highest BCUT2D eigenvalue weighted by atomic mass is 35.5. The van der Waals surface area contributed by atoms with Crippen LogP contribution in [0, 0.1) is 0 Å². The molecule has 0 aliphatic carbocycles. The highest BCUT2D eigenvalue weighted by Gasteiger charge is 2.17. The topological polar surface area (TPSA) is 76.7 Å². The molecule has 8 heteroatoms. The summed E-state index contributed by atoms with van der Waals surface area (Å²) in [7, 11) is 2.94. The van der Waals surface area contributed by atoms with Gasteiger partial charge in [-0.3, -0.25) is 9.59 Å². The maximum atomic E-state index is 12.1. The van der Waals surface area contributed by atoms with Crippen LogP contribution in [-0.2, 0) is 9.59 Å². The average molecular weight is 369 g/mol. The maximum absolute atomic E-state index is 12.1. The molecule has 0 aliphatic rings. The molecule has 0 saturated carbocycles. The lowest BCUT2D eigenvalue weighted by Crippen LogP contribution is -2.29. The largest absolute Gasteiger partial charge is 0.497 e. The van der Waals surface area contributed by atoms with Crippen molar-refractivity contribution in [2.24, 2.45) is 0 Å². The first-order chi connectivity index (χ1) is 11.4. The van der Waals surface area contributed by atoms with Crippen LogP contribution in [0.25, 0.3) is 0 Å². The molecule has 0 unspecified atom stereocenters. The molecule has 2 aromatic rings. The Balaban J connectivity index is 2.13. The molecule has 2 aromatic carbocycles. The Morgan fingerprint density at radius 3 is 2.08 bits per heavy atom. The Kier molecular flexibility index (Phi) is 5.89. The van der Waals surface area contributed by atoms with Crippen molar-refractivity contribution < 1.29 is 19.1 Å². The third kappa shape index (κ3) is 4.53. The van der Waals surface area contributed by atoms with Gasteiger partial charge in [-0.1, -0.05) is 23.2 Å². The number of benzene rings is 2. The Bertz CT molecular complexity index is 760. The van der Waals surface area contributed by atoms with Crippen molar-refractivity contribution in [1.82, 2.24) is 0 Å². The number of carbonyl (C=O) groups is 2. The van der Waals surface area contributed by atoms with Crippen molar-refractivity contribution in [3.8, 4) is 11.5 Å². The van der Waals surface area contributed by atoms with E-state index in [1.165, 1.54) is 32.4 Å². The fourth-order valence-electron chi connectivity index (χ4n) is 1.90. The van der Waals surface area contributed by atoms with E-state index in [9.17, 15) is 9.59 Å². The summed E-state index contributed by atoms with van der Waals surface area (Å²) in [6, 6.07) is 9.29. The van der Waals surface area contributed by atoms with Crippen molar-refractivity contribution in [3.63, 3.8) is 0 Å². The van der Waals surface area contributed by atoms with Gasteiger partial charge >= 0.3 is 11.8 Å². The predicted molar refractivity (Wildman–Crippen MR) is 93.3 cm³/mol. The molecule has 0 heterocycles. The van der Waals surface area contributed by atoms with Gasteiger partial charge in [0.15, 0.2) is 0 Å². The van der Waals surface area contributed by atoms with Gasteiger partial charge in [-0.15, -0.1) is 0 Å². The van der Waals surface area contributed by atoms with Crippen molar-refractivity contribution in [1.29, 1.82) is 0 Å². The predicted octanol–water partition coefficient (Wildman–Crippen LogP) is 3.59. The molecular formula is C16H14Cl2N2O4. The van der Waals surface area contributed by atoms with Crippen LogP contribution in [0.4, 0.5) is 11.4 Å². The van der Waals surface area contributed by atoms with E-state index < -0.39 is 11.8 Å². The minimum absolute atomic E-state index is 0.307. The first-order valence-electron chi connectivity index (χ1n) is 6.73. The molecule has 0 radical (unpaired) electrons. The van der Waals surface area contributed by atoms with Crippen molar-refractivity contribution in [3.05, 3.63) is 46.4 Å². The fraction of sp³-hybridized carbons (Fsp3) is 0.125. The molecule has 0 aliphatic heterocycles. The zero-order valence-corrected chi connectivity index (χ0v) is 14.4. The number of nitrogens with one attached hydrogen (secondary N) is 2. The van der Waals surface area contributed by atoms with E-state index in [0.717, 1.165) is 0 Å². The van der Waals surface area contributed by atoms with Crippen LogP contribution >= 0.6 is 23.2 Å². The Morgan fingerprint density at radius 2 is 1.50 bits per heavy atom. The smallest absolute Gasteiger partial charge is 0.314 e. The van der Waals surface area contributed by atoms with Gasteiger partial charge < -0.3 is 20.1 Å². The van der Waals surface area contributed by atoms with E-state index in [4.69, 9.17) is 32.7 Å². The van der Waals surface area contributed by atoms with Crippen LogP contribution in [0.3, 0.4) is 0 Å². The third-order valence-electron chi connectivity index (χ3n) is 2.98. The second kappa shape index (κ2) is 7.90. The van der Waals surface area contributed by atoms with E-state index in [-0.39, 0.29) is 0 Å². The van der Waals surface area contributed by atoms with E-state index in [2.05, 4.69) is 10.6 Å². The SMILES string of the molecule is COc1ccc(OC)c(NC(=O)C(=O)Nc2cc(Cl)cc(Cl)c2)c1. The summed E-state index contributed by atoms with van der Waals surface area (Å²) in [5.74, 6) is -0.855. The zero-order valence-electron chi connectivity index (χ0n) is 12.9. The standard InChI is InChI=1S/C16H14Cl2N2O4/c1-23-12-3-4-14(24-2)13(8-12)20-16(22)15(21)19-11-6-9(17)5-10(18)7-11/h3-8H,1-2H3,(H,19,21)(H,20,22). The van der Waals surface area contributed by atoms with Gasteiger partial charge in [0.1, 0.15) is 11.5 Å². The number of amides is 2. The molecule has 0 aromatic heterocycles. The summed E-state index contributed by atoms with van der Waals surface area (Å²) >= 11 is 11.7. The summed E-state index contributed by atoms with van der Waals surface area (Å²) < 4.78 is 10.2. The first kappa shape index (κ1) is 17.9. The molecular weight excluding hydrogens is 355 g/mol. The molecule has 0 fully saturated rings. The average Bonchev–Trinajstić information content (AvgIpc) is 2.53. The second-order valence-corrected chi connectivity index (χ2v) is 5.51. The number of methoxy groups -OCH3 is 2. The molecule has 2 rings (SSSR count). The molecule has 0 saturated heterocycles. The lowest BCUT2D eigenvalue weighted by atomic mass is 10.2. The van der Waals surface area contributed by atoms with Crippen LogP contribution in [0.2, 0.25) is 10.0 Å². The number of hydrogen-bond acceptors (Lipinski definition) is 4. The lowest BCUT2D eigenvalue weighted by molar-refractivity contribution is -0.133. The van der Waals surface area contributed by atoms with Crippen LogP contribution in [0.15, 0.2) is 36.4 Å². The van der Waals surface area contributed by atoms with Crippen molar-refractivity contribution in [2.45, 2.75) is 0 Å². The van der Waals surface area contributed by atoms with Gasteiger partial charge in [0, 0.05) is 21.8 Å².